The summed E-state index contributed by atoms with van der Waals surface area (Å²) in [5.74, 6) is 0.830. The van der Waals surface area contributed by atoms with Crippen molar-refractivity contribution in [2.45, 2.75) is 39.5 Å². The van der Waals surface area contributed by atoms with E-state index in [-0.39, 0.29) is 0 Å². The predicted molar refractivity (Wildman–Crippen MR) is 57.0 cm³/mol. The summed E-state index contributed by atoms with van der Waals surface area (Å²) in [6.07, 6.45) is 2.62. The molecule has 13 heavy (non-hydrogen) atoms. The van der Waals surface area contributed by atoms with Gasteiger partial charge >= 0.3 is 0 Å². The second kappa shape index (κ2) is 2.87. The standard InChI is InChI=1S/C13H18/c1-13(2,3)9-11-8-10-6-4-5-7-12(10)11/h4-7,11H,8-9H2,1-3H3/t11-/m1/s1. The van der Waals surface area contributed by atoms with E-state index in [1.165, 1.54) is 12.8 Å². The van der Waals surface area contributed by atoms with E-state index in [0.29, 0.717) is 5.41 Å². The summed E-state index contributed by atoms with van der Waals surface area (Å²) in [6.45, 7) is 6.98. The van der Waals surface area contributed by atoms with Crippen molar-refractivity contribution in [2.75, 3.05) is 0 Å². The maximum atomic E-state index is 2.33. The first-order chi connectivity index (χ1) is 6.06. The highest BCUT2D eigenvalue weighted by molar-refractivity contribution is 5.39. The van der Waals surface area contributed by atoms with Gasteiger partial charge in [-0.05, 0) is 35.3 Å². The summed E-state index contributed by atoms with van der Waals surface area (Å²) < 4.78 is 0. The fourth-order valence-corrected chi connectivity index (χ4v) is 2.28. The van der Waals surface area contributed by atoms with Crippen LogP contribution in [0.25, 0.3) is 0 Å². The third kappa shape index (κ3) is 1.77. The lowest BCUT2D eigenvalue weighted by molar-refractivity contribution is 0.323. The zero-order valence-electron chi connectivity index (χ0n) is 8.80. The highest BCUT2D eigenvalue weighted by atomic mass is 14.3. The van der Waals surface area contributed by atoms with Crippen LogP contribution in [0, 0.1) is 5.41 Å². The molecule has 0 fully saturated rings. The van der Waals surface area contributed by atoms with E-state index in [0.717, 1.165) is 5.92 Å². The van der Waals surface area contributed by atoms with Crippen molar-refractivity contribution in [1.82, 2.24) is 0 Å². The lowest BCUT2D eigenvalue weighted by Gasteiger charge is -2.34. The van der Waals surface area contributed by atoms with Gasteiger partial charge < -0.3 is 0 Å². The van der Waals surface area contributed by atoms with Gasteiger partial charge in [0.1, 0.15) is 0 Å². The van der Waals surface area contributed by atoms with Crippen LogP contribution < -0.4 is 0 Å². The second-order valence-electron chi connectivity index (χ2n) is 5.36. The maximum absolute atomic E-state index is 2.33. The van der Waals surface area contributed by atoms with Crippen molar-refractivity contribution in [3.63, 3.8) is 0 Å². The molecule has 0 aromatic heterocycles. The molecule has 1 aliphatic rings. The zero-order chi connectivity index (χ0) is 9.47. The van der Waals surface area contributed by atoms with Crippen molar-refractivity contribution < 1.29 is 0 Å². The predicted octanol–water partition coefficient (Wildman–Crippen LogP) is 3.76. The highest BCUT2D eigenvalue weighted by Crippen LogP contribution is 2.42. The van der Waals surface area contributed by atoms with Gasteiger partial charge in [-0.3, -0.25) is 0 Å². The van der Waals surface area contributed by atoms with Gasteiger partial charge in [0.15, 0.2) is 0 Å². The van der Waals surface area contributed by atoms with Crippen LogP contribution in [0.4, 0.5) is 0 Å². The Balaban J connectivity index is 2.10. The first-order valence-corrected chi connectivity index (χ1v) is 5.14. The van der Waals surface area contributed by atoms with Gasteiger partial charge in [0, 0.05) is 0 Å². The van der Waals surface area contributed by atoms with Crippen molar-refractivity contribution in [2.24, 2.45) is 5.41 Å². The number of benzene rings is 1. The Bertz CT molecular complexity index is 304. The normalized spacial score (nSPS) is 20.7. The molecule has 0 aliphatic heterocycles. The van der Waals surface area contributed by atoms with Crippen molar-refractivity contribution in [1.29, 1.82) is 0 Å². The van der Waals surface area contributed by atoms with Crippen LogP contribution in [0.5, 0.6) is 0 Å². The molecule has 0 unspecified atom stereocenters. The van der Waals surface area contributed by atoms with Crippen LogP contribution in [0.2, 0.25) is 0 Å². The maximum Gasteiger partial charge on any atom is -0.0114 e. The zero-order valence-corrected chi connectivity index (χ0v) is 8.80. The summed E-state index contributed by atoms with van der Waals surface area (Å²) in [6, 6.07) is 8.85. The number of fused-ring (bicyclic) bond motifs is 1. The molecule has 0 amide bonds. The van der Waals surface area contributed by atoms with E-state index >= 15 is 0 Å². The third-order valence-corrected chi connectivity index (χ3v) is 2.82. The van der Waals surface area contributed by atoms with Gasteiger partial charge in [0.05, 0.1) is 0 Å². The van der Waals surface area contributed by atoms with Crippen LogP contribution in [-0.4, -0.2) is 0 Å². The van der Waals surface area contributed by atoms with E-state index in [2.05, 4.69) is 45.0 Å². The van der Waals surface area contributed by atoms with Crippen molar-refractivity contribution >= 4 is 0 Å². The lowest BCUT2D eigenvalue weighted by Crippen LogP contribution is -2.22. The molecule has 0 N–H and O–H groups in total. The quantitative estimate of drug-likeness (QED) is 0.608. The minimum atomic E-state index is 0.470. The van der Waals surface area contributed by atoms with Crippen molar-refractivity contribution in [3.8, 4) is 0 Å². The number of hydrogen-bond acceptors (Lipinski definition) is 0. The van der Waals surface area contributed by atoms with Gasteiger partial charge in [-0.15, -0.1) is 0 Å². The fourth-order valence-electron chi connectivity index (χ4n) is 2.28. The second-order valence-corrected chi connectivity index (χ2v) is 5.36. The summed E-state index contributed by atoms with van der Waals surface area (Å²) in [7, 11) is 0. The molecule has 0 heteroatoms. The molecule has 0 saturated heterocycles. The molecule has 0 bridgehead atoms. The average Bonchev–Trinajstić information content (AvgIpc) is 1.99. The van der Waals surface area contributed by atoms with Crippen LogP contribution in [-0.2, 0) is 6.42 Å². The van der Waals surface area contributed by atoms with E-state index in [1.807, 2.05) is 0 Å². The molecular weight excluding hydrogens is 156 g/mol. The van der Waals surface area contributed by atoms with E-state index < -0.39 is 0 Å². The van der Waals surface area contributed by atoms with Gasteiger partial charge in [-0.1, -0.05) is 45.0 Å². The van der Waals surface area contributed by atoms with Crippen LogP contribution in [0.3, 0.4) is 0 Å². The fraction of sp³-hybridized carbons (Fsp3) is 0.538. The topological polar surface area (TPSA) is 0 Å². The molecule has 1 atom stereocenters. The number of rotatable bonds is 1. The van der Waals surface area contributed by atoms with Crippen molar-refractivity contribution in [3.05, 3.63) is 35.4 Å². The lowest BCUT2D eigenvalue weighted by atomic mass is 9.70. The molecule has 0 heterocycles. The van der Waals surface area contributed by atoms with E-state index in [9.17, 15) is 0 Å². The Morgan fingerprint density at radius 1 is 1.23 bits per heavy atom. The Hall–Kier alpha value is -0.780. The minimum Gasteiger partial charge on any atom is -0.0620 e. The Morgan fingerprint density at radius 2 is 1.92 bits per heavy atom. The molecule has 1 aromatic carbocycles. The Labute approximate surface area is 81.0 Å². The molecule has 0 radical (unpaired) electrons. The first-order valence-electron chi connectivity index (χ1n) is 5.14. The highest BCUT2D eigenvalue weighted by Gasteiger charge is 2.28. The van der Waals surface area contributed by atoms with Gasteiger partial charge in [-0.25, -0.2) is 0 Å². The van der Waals surface area contributed by atoms with Crippen LogP contribution in [0.1, 0.15) is 44.2 Å². The third-order valence-electron chi connectivity index (χ3n) is 2.82. The molecule has 0 nitrogen and oxygen atoms in total. The van der Waals surface area contributed by atoms with E-state index in [1.54, 1.807) is 11.1 Å². The largest absolute Gasteiger partial charge is 0.0620 e. The SMILES string of the molecule is CC(C)(C)C[C@H]1Cc2ccccc21. The smallest absolute Gasteiger partial charge is 0.0114 e. The molecular formula is C13H18. The van der Waals surface area contributed by atoms with Crippen LogP contribution in [0.15, 0.2) is 24.3 Å². The monoisotopic (exact) mass is 174 g/mol. The van der Waals surface area contributed by atoms with E-state index in [4.69, 9.17) is 0 Å². The van der Waals surface area contributed by atoms with Gasteiger partial charge in [0.2, 0.25) is 0 Å². The summed E-state index contributed by atoms with van der Waals surface area (Å²) in [4.78, 5) is 0. The molecule has 1 aliphatic carbocycles. The number of hydrogen-bond donors (Lipinski definition) is 0. The molecule has 2 rings (SSSR count). The molecule has 0 spiro atoms. The minimum absolute atomic E-state index is 0.470. The van der Waals surface area contributed by atoms with Gasteiger partial charge in [0.25, 0.3) is 0 Å². The Morgan fingerprint density at radius 3 is 2.54 bits per heavy atom. The molecule has 1 aromatic rings. The Kier molecular flexibility index (Phi) is 1.94. The summed E-state index contributed by atoms with van der Waals surface area (Å²) in [5, 5.41) is 0. The summed E-state index contributed by atoms with van der Waals surface area (Å²) in [5.41, 5.74) is 3.63. The average molecular weight is 174 g/mol. The van der Waals surface area contributed by atoms with Gasteiger partial charge in [-0.2, -0.15) is 0 Å². The molecule has 0 saturated carbocycles. The van der Waals surface area contributed by atoms with Crippen LogP contribution >= 0.6 is 0 Å². The molecule has 70 valence electrons. The first kappa shape index (κ1) is 8.80. The summed E-state index contributed by atoms with van der Waals surface area (Å²) >= 11 is 0.